The molecule has 0 spiro atoms. The summed E-state index contributed by atoms with van der Waals surface area (Å²) >= 11 is 0. The number of carbonyl (C=O) groups excluding carboxylic acids is 3. The van der Waals surface area contributed by atoms with Crippen LogP contribution in [0.4, 0.5) is 4.79 Å². The van der Waals surface area contributed by atoms with Crippen LogP contribution in [-0.4, -0.2) is 41.7 Å². The molecular weight excluding hydrogens is 220 g/mol. The minimum atomic E-state index is -0.891. The van der Waals surface area contributed by atoms with Crippen molar-refractivity contribution in [2.45, 2.75) is 12.8 Å². The molecule has 0 radical (unpaired) electrons. The van der Waals surface area contributed by atoms with Crippen LogP contribution in [0.2, 0.25) is 0 Å². The standard InChI is InChI=1S/C12H14N2O3/c1-7-5-4-6-8(7)9-10(15)13(2)12(17)14(3)11(9)16/h6,9H,1,4-5H2,2-3H3. The second kappa shape index (κ2) is 3.84. The first-order chi connectivity index (χ1) is 7.95. The lowest BCUT2D eigenvalue weighted by molar-refractivity contribution is -0.145. The Morgan fingerprint density at radius 1 is 1.18 bits per heavy atom. The number of allylic oxidation sites excluding steroid dienone is 2. The van der Waals surface area contributed by atoms with E-state index in [1.54, 1.807) is 0 Å². The van der Waals surface area contributed by atoms with Crippen LogP contribution in [0.25, 0.3) is 0 Å². The van der Waals surface area contributed by atoms with Gasteiger partial charge in [0.1, 0.15) is 5.92 Å². The maximum Gasteiger partial charge on any atom is 0.332 e. The Morgan fingerprint density at radius 3 is 2.12 bits per heavy atom. The summed E-state index contributed by atoms with van der Waals surface area (Å²) in [6.07, 6.45) is 3.43. The Morgan fingerprint density at radius 2 is 1.71 bits per heavy atom. The highest BCUT2D eigenvalue weighted by Gasteiger charge is 2.45. The number of urea groups is 1. The summed E-state index contributed by atoms with van der Waals surface area (Å²) in [5, 5.41) is 0. The van der Waals surface area contributed by atoms with Crippen molar-refractivity contribution in [1.82, 2.24) is 9.80 Å². The van der Waals surface area contributed by atoms with Crippen LogP contribution in [-0.2, 0) is 9.59 Å². The average Bonchev–Trinajstić information content (AvgIpc) is 2.71. The average molecular weight is 234 g/mol. The number of hydrogen-bond acceptors (Lipinski definition) is 3. The van der Waals surface area contributed by atoms with Gasteiger partial charge in [-0.2, -0.15) is 0 Å². The zero-order valence-corrected chi connectivity index (χ0v) is 9.90. The molecular formula is C12H14N2O3. The van der Waals surface area contributed by atoms with E-state index < -0.39 is 23.8 Å². The van der Waals surface area contributed by atoms with Gasteiger partial charge in [0.15, 0.2) is 0 Å². The number of barbiturate groups is 1. The molecule has 1 fully saturated rings. The van der Waals surface area contributed by atoms with Crippen LogP contribution < -0.4 is 0 Å². The predicted molar refractivity (Wildman–Crippen MR) is 60.9 cm³/mol. The van der Waals surface area contributed by atoms with E-state index in [0.29, 0.717) is 5.57 Å². The Labute approximate surface area is 99.4 Å². The Bertz CT molecular complexity index is 440. The summed E-state index contributed by atoms with van der Waals surface area (Å²) in [5.41, 5.74) is 1.49. The Kier molecular flexibility index (Phi) is 2.61. The van der Waals surface area contributed by atoms with Gasteiger partial charge in [-0.05, 0) is 18.4 Å². The van der Waals surface area contributed by atoms with Crippen molar-refractivity contribution in [1.29, 1.82) is 0 Å². The molecule has 0 saturated carbocycles. The highest BCUT2D eigenvalue weighted by atomic mass is 16.2. The van der Waals surface area contributed by atoms with Crippen LogP contribution in [0.15, 0.2) is 23.8 Å². The van der Waals surface area contributed by atoms with Crippen LogP contribution >= 0.6 is 0 Å². The lowest BCUT2D eigenvalue weighted by Gasteiger charge is -2.33. The fraction of sp³-hybridized carbons (Fsp3) is 0.417. The van der Waals surface area contributed by atoms with Crippen molar-refractivity contribution in [2.24, 2.45) is 5.92 Å². The fourth-order valence-electron chi connectivity index (χ4n) is 2.19. The molecule has 0 aromatic rings. The third kappa shape index (κ3) is 1.58. The van der Waals surface area contributed by atoms with Gasteiger partial charge in [0.05, 0.1) is 0 Å². The lowest BCUT2D eigenvalue weighted by Crippen LogP contribution is -2.57. The number of hydrogen-bond donors (Lipinski definition) is 0. The molecule has 5 heteroatoms. The molecule has 2 aliphatic rings. The van der Waals surface area contributed by atoms with Crippen molar-refractivity contribution in [2.75, 3.05) is 14.1 Å². The minimum Gasteiger partial charge on any atom is -0.273 e. The largest absolute Gasteiger partial charge is 0.332 e. The van der Waals surface area contributed by atoms with Gasteiger partial charge in [-0.15, -0.1) is 0 Å². The van der Waals surface area contributed by atoms with Gasteiger partial charge in [-0.3, -0.25) is 19.4 Å². The summed E-state index contributed by atoms with van der Waals surface area (Å²) in [6, 6.07) is -0.583. The zero-order chi connectivity index (χ0) is 12.7. The van der Waals surface area contributed by atoms with E-state index in [4.69, 9.17) is 0 Å². The van der Waals surface area contributed by atoms with Gasteiger partial charge in [0, 0.05) is 14.1 Å². The van der Waals surface area contributed by atoms with Gasteiger partial charge < -0.3 is 0 Å². The molecule has 1 heterocycles. The first-order valence-corrected chi connectivity index (χ1v) is 5.42. The summed E-state index contributed by atoms with van der Waals surface area (Å²) in [6.45, 7) is 3.85. The summed E-state index contributed by atoms with van der Waals surface area (Å²) < 4.78 is 0. The fourth-order valence-corrected chi connectivity index (χ4v) is 2.19. The molecule has 0 aromatic heterocycles. The predicted octanol–water partition coefficient (Wildman–Crippen LogP) is 0.929. The monoisotopic (exact) mass is 234 g/mol. The van der Waals surface area contributed by atoms with E-state index in [1.165, 1.54) is 14.1 Å². The first kappa shape index (κ1) is 11.6. The third-order valence-corrected chi connectivity index (χ3v) is 3.26. The van der Waals surface area contributed by atoms with Crippen molar-refractivity contribution in [3.05, 3.63) is 23.8 Å². The zero-order valence-electron chi connectivity index (χ0n) is 9.90. The van der Waals surface area contributed by atoms with E-state index in [0.717, 1.165) is 28.2 Å². The van der Waals surface area contributed by atoms with Gasteiger partial charge in [0.25, 0.3) is 0 Å². The van der Waals surface area contributed by atoms with Crippen molar-refractivity contribution in [3.63, 3.8) is 0 Å². The summed E-state index contributed by atoms with van der Waals surface area (Å²) in [4.78, 5) is 37.5. The van der Waals surface area contributed by atoms with E-state index in [-0.39, 0.29) is 0 Å². The van der Waals surface area contributed by atoms with Crippen molar-refractivity contribution in [3.8, 4) is 0 Å². The summed E-state index contributed by atoms with van der Waals surface area (Å²) in [5.74, 6) is -1.82. The number of rotatable bonds is 1. The van der Waals surface area contributed by atoms with E-state index in [2.05, 4.69) is 6.58 Å². The lowest BCUT2D eigenvalue weighted by atomic mass is 9.91. The molecule has 0 atom stereocenters. The highest BCUT2D eigenvalue weighted by Crippen LogP contribution is 2.33. The van der Waals surface area contributed by atoms with Crippen LogP contribution in [0, 0.1) is 5.92 Å². The molecule has 0 bridgehead atoms. The van der Waals surface area contributed by atoms with Gasteiger partial charge in [-0.1, -0.05) is 18.2 Å². The van der Waals surface area contributed by atoms with Crippen LogP contribution in [0.1, 0.15) is 12.8 Å². The van der Waals surface area contributed by atoms with Gasteiger partial charge in [-0.25, -0.2) is 4.79 Å². The van der Waals surface area contributed by atoms with E-state index in [9.17, 15) is 14.4 Å². The molecule has 1 aliphatic carbocycles. The normalized spacial score (nSPS) is 22.6. The molecule has 5 nitrogen and oxygen atoms in total. The number of imide groups is 2. The molecule has 1 saturated heterocycles. The number of nitrogens with zero attached hydrogens (tertiary/aromatic N) is 2. The molecule has 0 unspecified atom stereocenters. The molecule has 0 N–H and O–H groups in total. The van der Waals surface area contributed by atoms with Crippen molar-refractivity contribution >= 4 is 17.8 Å². The number of amides is 4. The van der Waals surface area contributed by atoms with E-state index >= 15 is 0 Å². The molecule has 1 aliphatic heterocycles. The second-order valence-corrected chi connectivity index (χ2v) is 4.31. The SMILES string of the molecule is C=C1CCC=C1C1C(=O)N(C)C(=O)N(C)C1=O. The van der Waals surface area contributed by atoms with Crippen LogP contribution in [0.5, 0.6) is 0 Å². The quantitative estimate of drug-likeness (QED) is 0.634. The first-order valence-electron chi connectivity index (χ1n) is 5.42. The van der Waals surface area contributed by atoms with Crippen LogP contribution in [0.3, 0.4) is 0 Å². The molecule has 4 amide bonds. The molecule has 17 heavy (non-hydrogen) atoms. The topological polar surface area (TPSA) is 57.7 Å². The summed E-state index contributed by atoms with van der Waals surface area (Å²) in [7, 11) is 2.78. The Hall–Kier alpha value is -1.91. The third-order valence-electron chi connectivity index (χ3n) is 3.26. The minimum absolute atomic E-state index is 0.465. The Balaban J connectivity index is 2.39. The maximum atomic E-state index is 12.0. The van der Waals surface area contributed by atoms with Crippen molar-refractivity contribution < 1.29 is 14.4 Å². The van der Waals surface area contributed by atoms with Gasteiger partial charge in [0.2, 0.25) is 11.8 Å². The van der Waals surface area contributed by atoms with Gasteiger partial charge >= 0.3 is 6.03 Å². The maximum absolute atomic E-state index is 12.0. The molecule has 0 aromatic carbocycles. The number of carbonyl (C=O) groups is 3. The molecule has 2 rings (SSSR count). The smallest absolute Gasteiger partial charge is 0.273 e. The second-order valence-electron chi connectivity index (χ2n) is 4.31. The van der Waals surface area contributed by atoms with E-state index in [1.807, 2.05) is 6.08 Å². The molecule has 90 valence electrons. The highest BCUT2D eigenvalue weighted by molar-refractivity contribution is 6.17.